The molecule has 0 fully saturated rings. The lowest BCUT2D eigenvalue weighted by molar-refractivity contribution is -0.148. The van der Waals surface area contributed by atoms with Gasteiger partial charge in [0.2, 0.25) is 0 Å². The van der Waals surface area contributed by atoms with E-state index in [0.29, 0.717) is 6.61 Å². The Morgan fingerprint density at radius 3 is 2.42 bits per heavy atom. The smallest absolute Gasteiger partial charge is 0.308 e. The summed E-state index contributed by atoms with van der Waals surface area (Å²) in [6.45, 7) is 6.78. The first-order valence-corrected chi connectivity index (χ1v) is 13.2. The van der Waals surface area contributed by atoms with E-state index in [4.69, 9.17) is 4.74 Å². The van der Waals surface area contributed by atoms with E-state index >= 15 is 0 Å². The third-order valence-electron chi connectivity index (χ3n) is 6.98. The second-order valence-electron chi connectivity index (χ2n) is 9.63. The third kappa shape index (κ3) is 7.59. The molecule has 3 rings (SSSR count). The summed E-state index contributed by atoms with van der Waals surface area (Å²) >= 11 is 0. The van der Waals surface area contributed by atoms with Crippen LogP contribution in [0.15, 0.2) is 42.5 Å². The first-order chi connectivity index (χ1) is 16.1. The Balaban J connectivity index is 1.46. The van der Waals surface area contributed by atoms with E-state index < -0.39 is 0 Å². The number of fused-ring (bicyclic) bond motifs is 1. The first kappa shape index (κ1) is 25.3. The van der Waals surface area contributed by atoms with Crippen molar-refractivity contribution in [2.45, 2.75) is 91.4 Å². The largest absolute Gasteiger partial charge is 0.465 e. The number of carbonyl (C=O) groups is 1. The van der Waals surface area contributed by atoms with Crippen LogP contribution in [0.5, 0.6) is 0 Å². The first-order valence-electron chi connectivity index (χ1n) is 13.2. The lowest BCUT2D eigenvalue weighted by Gasteiger charge is -2.09. The molecule has 2 aromatic rings. The maximum atomic E-state index is 11.7. The van der Waals surface area contributed by atoms with Gasteiger partial charge in [-0.25, -0.2) is 0 Å². The summed E-state index contributed by atoms with van der Waals surface area (Å²) < 4.78 is 5.36. The van der Waals surface area contributed by atoms with E-state index in [-0.39, 0.29) is 11.9 Å². The van der Waals surface area contributed by atoms with Gasteiger partial charge in [-0.15, -0.1) is 0 Å². The summed E-state index contributed by atoms with van der Waals surface area (Å²) in [5, 5.41) is 0. The van der Waals surface area contributed by atoms with E-state index in [1.807, 2.05) is 13.8 Å². The molecule has 0 heterocycles. The van der Waals surface area contributed by atoms with Crippen molar-refractivity contribution in [1.82, 2.24) is 0 Å². The number of aryl methyl sites for hydroxylation is 2. The number of hydrogen-bond donors (Lipinski definition) is 0. The number of unbranched alkanes of at least 4 members (excludes halogenated alkanes) is 5. The van der Waals surface area contributed by atoms with Crippen LogP contribution in [0.4, 0.5) is 0 Å². The maximum Gasteiger partial charge on any atom is 0.308 e. The minimum absolute atomic E-state index is 0.0202. The second-order valence-corrected chi connectivity index (χ2v) is 9.63. The van der Waals surface area contributed by atoms with E-state index in [0.717, 1.165) is 32.1 Å². The summed E-state index contributed by atoms with van der Waals surface area (Å²) in [5.41, 5.74) is 8.65. The lowest BCUT2D eigenvalue weighted by Crippen LogP contribution is -2.14. The minimum atomic E-state index is -0.0499. The number of hydrogen-bond acceptors (Lipinski definition) is 2. The molecule has 0 amide bonds. The van der Waals surface area contributed by atoms with Crippen LogP contribution in [0.3, 0.4) is 0 Å². The van der Waals surface area contributed by atoms with Crippen LogP contribution in [0.25, 0.3) is 11.6 Å². The molecule has 0 aromatic heterocycles. The van der Waals surface area contributed by atoms with Gasteiger partial charge in [0, 0.05) is 0 Å². The van der Waals surface area contributed by atoms with Crippen LogP contribution in [-0.2, 0) is 28.8 Å². The molecular formula is C31H42O2. The van der Waals surface area contributed by atoms with Gasteiger partial charge in [-0.2, -0.15) is 0 Å². The van der Waals surface area contributed by atoms with Crippen molar-refractivity contribution in [3.63, 3.8) is 0 Å². The maximum absolute atomic E-state index is 11.7. The molecule has 0 saturated carbocycles. The molecule has 2 aromatic carbocycles. The fourth-order valence-corrected chi connectivity index (χ4v) is 4.56. The highest BCUT2D eigenvalue weighted by Gasteiger charge is 2.17. The molecule has 1 aliphatic rings. The number of esters is 1. The van der Waals surface area contributed by atoms with Gasteiger partial charge in [0.1, 0.15) is 0 Å². The average molecular weight is 447 g/mol. The van der Waals surface area contributed by atoms with Crippen LogP contribution in [0.2, 0.25) is 0 Å². The van der Waals surface area contributed by atoms with Gasteiger partial charge in [0.15, 0.2) is 0 Å². The number of rotatable bonds is 14. The molecule has 2 heteroatoms. The number of allylic oxidation sites excluding steroid dienone is 1. The standard InChI is InChI=1S/C31H42O2/c1-4-6-9-13-25-17-19-26(20-18-25)29-22-28-16-12-15-27(30(28)23-29)14-10-7-8-11-21-33-31(32)24(3)5-2/h12,15-20,23-24H,4-11,13-14,21-22H2,1-3H3. The van der Waals surface area contributed by atoms with Gasteiger partial charge in [-0.3, -0.25) is 4.79 Å². The second kappa shape index (κ2) is 13.4. The molecule has 1 atom stereocenters. The molecule has 0 saturated heterocycles. The third-order valence-corrected chi connectivity index (χ3v) is 6.98. The highest BCUT2D eigenvalue weighted by atomic mass is 16.5. The topological polar surface area (TPSA) is 26.3 Å². The highest BCUT2D eigenvalue weighted by molar-refractivity contribution is 5.89. The predicted molar refractivity (Wildman–Crippen MR) is 140 cm³/mol. The van der Waals surface area contributed by atoms with Crippen LogP contribution >= 0.6 is 0 Å². The molecule has 178 valence electrons. The molecule has 1 aliphatic carbocycles. The van der Waals surface area contributed by atoms with Crippen molar-refractivity contribution in [2.75, 3.05) is 6.61 Å². The Bertz CT molecular complexity index is 907. The quantitative estimate of drug-likeness (QED) is 0.216. The Hall–Kier alpha value is -2.35. The Morgan fingerprint density at radius 2 is 1.67 bits per heavy atom. The summed E-state index contributed by atoms with van der Waals surface area (Å²) in [6.07, 6.45) is 15.0. The molecule has 33 heavy (non-hydrogen) atoms. The van der Waals surface area contributed by atoms with Crippen LogP contribution < -0.4 is 0 Å². The number of benzene rings is 2. The Labute approximate surface area is 201 Å². The summed E-state index contributed by atoms with van der Waals surface area (Å²) in [6, 6.07) is 16.1. The van der Waals surface area contributed by atoms with Gasteiger partial charge in [0.05, 0.1) is 12.5 Å². The fourth-order valence-electron chi connectivity index (χ4n) is 4.56. The van der Waals surface area contributed by atoms with E-state index in [1.165, 1.54) is 71.9 Å². The summed E-state index contributed by atoms with van der Waals surface area (Å²) in [4.78, 5) is 11.7. The van der Waals surface area contributed by atoms with E-state index in [2.05, 4.69) is 55.5 Å². The molecule has 2 nitrogen and oxygen atoms in total. The number of carbonyl (C=O) groups excluding carboxylic acids is 1. The van der Waals surface area contributed by atoms with Crippen LogP contribution in [-0.4, -0.2) is 12.6 Å². The Kier molecular flexibility index (Phi) is 10.2. The van der Waals surface area contributed by atoms with E-state index in [9.17, 15) is 4.79 Å². The highest BCUT2D eigenvalue weighted by Crippen LogP contribution is 2.34. The molecule has 0 spiro atoms. The van der Waals surface area contributed by atoms with Gasteiger partial charge in [-0.05, 0) is 78.3 Å². The average Bonchev–Trinajstić information content (AvgIpc) is 3.28. The van der Waals surface area contributed by atoms with Gasteiger partial charge in [0.25, 0.3) is 0 Å². The molecular weight excluding hydrogens is 404 g/mol. The molecule has 0 bridgehead atoms. The van der Waals surface area contributed by atoms with Gasteiger partial charge in [-0.1, -0.05) is 95.0 Å². The van der Waals surface area contributed by atoms with Crippen LogP contribution in [0, 0.1) is 5.92 Å². The zero-order valence-electron chi connectivity index (χ0n) is 21.0. The van der Waals surface area contributed by atoms with Crippen molar-refractivity contribution in [3.05, 3.63) is 70.3 Å². The zero-order valence-corrected chi connectivity index (χ0v) is 21.0. The van der Waals surface area contributed by atoms with Gasteiger partial charge >= 0.3 is 5.97 Å². The monoisotopic (exact) mass is 446 g/mol. The molecule has 0 N–H and O–H groups in total. The normalized spacial score (nSPS) is 13.5. The predicted octanol–water partition coefficient (Wildman–Crippen LogP) is 8.21. The SMILES string of the molecule is CCCCCc1ccc(C2=Cc3c(CCCCCCOC(=O)C(C)CC)cccc3C2)cc1. The number of ether oxygens (including phenoxy) is 1. The molecule has 1 unspecified atom stereocenters. The minimum Gasteiger partial charge on any atom is -0.465 e. The molecule has 0 aliphatic heterocycles. The molecule has 0 radical (unpaired) electrons. The van der Waals surface area contributed by atoms with Crippen molar-refractivity contribution in [2.24, 2.45) is 5.92 Å². The van der Waals surface area contributed by atoms with Crippen molar-refractivity contribution < 1.29 is 9.53 Å². The van der Waals surface area contributed by atoms with E-state index in [1.54, 1.807) is 0 Å². The summed E-state index contributed by atoms with van der Waals surface area (Å²) in [5.74, 6) is -0.0297. The lowest BCUT2D eigenvalue weighted by atomic mass is 9.98. The Morgan fingerprint density at radius 1 is 0.909 bits per heavy atom. The summed E-state index contributed by atoms with van der Waals surface area (Å²) in [7, 11) is 0. The zero-order chi connectivity index (χ0) is 23.5. The van der Waals surface area contributed by atoms with Crippen LogP contribution in [0.1, 0.15) is 100.0 Å². The van der Waals surface area contributed by atoms with Crippen molar-refractivity contribution in [1.29, 1.82) is 0 Å². The van der Waals surface area contributed by atoms with Crippen molar-refractivity contribution >= 4 is 17.6 Å². The fraction of sp³-hybridized carbons (Fsp3) is 0.516. The van der Waals surface area contributed by atoms with Crippen molar-refractivity contribution in [3.8, 4) is 0 Å². The van der Waals surface area contributed by atoms with Gasteiger partial charge < -0.3 is 4.74 Å².